The van der Waals surface area contributed by atoms with Gasteiger partial charge in [-0.1, -0.05) is 18.2 Å². The monoisotopic (exact) mass is 214 g/mol. The molecule has 2 aromatic rings. The number of hydrogen-bond acceptors (Lipinski definition) is 1. The Bertz CT molecular complexity index is 494. The van der Waals surface area contributed by atoms with Crippen LogP contribution in [0.15, 0.2) is 30.5 Å². The lowest BCUT2D eigenvalue weighted by Crippen LogP contribution is -2.07. The van der Waals surface area contributed by atoms with Gasteiger partial charge in [0.1, 0.15) is 0 Å². The largest absolute Gasteiger partial charge is 0.347 e. The first-order valence-corrected chi connectivity index (χ1v) is 6.10. The topological polar surface area (TPSA) is 17.0 Å². The average molecular weight is 214 g/mol. The van der Waals surface area contributed by atoms with Crippen LogP contribution in [0.25, 0.3) is 10.9 Å². The first-order chi connectivity index (χ1) is 7.88. The lowest BCUT2D eigenvalue weighted by molar-refractivity contribution is 0.644. The number of rotatable bonds is 4. The first-order valence-electron chi connectivity index (χ1n) is 6.10. The second-order valence-corrected chi connectivity index (χ2v) is 4.80. The number of fused-ring (bicyclic) bond motifs is 1. The zero-order valence-corrected chi connectivity index (χ0v) is 9.74. The minimum absolute atomic E-state index is 0.929. The van der Waals surface area contributed by atoms with E-state index < -0.39 is 0 Å². The van der Waals surface area contributed by atoms with E-state index >= 15 is 0 Å². The van der Waals surface area contributed by atoms with Gasteiger partial charge in [0.2, 0.25) is 0 Å². The molecule has 0 radical (unpaired) electrons. The van der Waals surface area contributed by atoms with Crippen LogP contribution in [0.3, 0.4) is 0 Å². The highest BCUT2D eigenvalue weighted by Gasteiger charge is 2.22. The summed E-state index contributed by atoms with van der Waals surface area (Å²) >= 11 is 0. The molecule has 16 heavy (non-hydrogen) atoms. The molecule has 1 aliphatic carbocycles. The van der Waals surface area contributed by atoms with Gasteiger partial charge in [0.05, 0.1) is 5.52 Å². The van der Waals surface area contributed by atoms with Gasteiger partial charge in [-0.05, 0) is 42.8 Å². The zero-order valence-electron chi connectivity index (χ0n) is 9.74. The van der Waals surface area contributed by atoms with Crippen molar-refractivity contribution < 1.29 is 0 Å². The van der Waals surface area contributed by atoms with Crippen LogP contribution in [-0.4, -0.2) is 11.6 Å². The Morgan fingerprint density at radius 1 is 1.31 bits per heavy atom. The van der Waals surface area contributed by atoms with E-state index in [1.54, 1.807) is 0 Å². The van der Waals surface area contributed by atoms with Crippen molar-refractivity contribution in [1.82, 2.24) is 9.88 Å². The van der Waals surface area contributed by atoms with Gasteiger partial charge in [-0.3, -0.25) is 0 Å². The summed E-state index contributed by atoms with van der Waals surface area (Å²) in [5, 5.41) is 4.62. The van der Waals surface area contributed by atoms with Gasteiger partial charge in [0.15, 0.2) is 0 Å². The molecular formula is C14H18N2. The fourth-order valence-corrected chi connectivity index (χ4v) is 2.40. The Balaban J connectivity index is 2.05. The molecule has 84 valence electrons. The van der Waals surface area contributed by atoms with Gasteiger partial charge in [-0.25, -0.2) is 0 Å². The lowest BCUT2D eigenvalue weighted by Gasteiger charge is -2.09. The van der Waals surface area contributed by atoms with E-state index in [4.69, 9.17) is 0 Å². The summed E-state index contributed by atoms with van der Waals surface area (Å²) in [5.41, 5.74) is 2.83. The van der Waals surface area contributed by atoms with Crippen molar-refractivity contribution in [2.24, 2.45) is 5.92 Å². The van der Waals surface area contributed by atoms with Gasteiger partial charge in [-0.2, -0.15) is 0 Å². The smallest absolute Gasteiger partial charge is 0.0525 e. The summed E-state index contributed by atoms with van der Waals surface area (Å²) < 4.78 is 2.43. The Kier molecular flexibility index (Phi) is 2.44. The van der Waals surface area contributed by atoms with Crippen molar-refractivity contribution in [3.63, 3.8) is 0 Å². The predicted octanol–water partition coefficient (Wildman–Crippen LogP) is 2.77. The predicted molar refractivity (Wildman–Crippen MR) is 67.4 cm³/mol. The third-order valence-electron chi connectivity index (χ3n) is 3.39. The summed E-state index contributed by atoms with van der Waals surface area (Å²) in [5.74, 6) is 0.929. The lowest BCUT2D eigenvalue weighted by atomic mass is 10.1. The average Bonchev–Trinajstić information content (AvgIpc) is 3.00. The number of nitrogens with zero attached hydrogens (tertiary/aromatic N) is 1. The van der Waals surface area contributed by atoms with Crippen LogP contribution in [0.4, 0.5) is 0 Å². The molecule has 1 fully saturated rings. The van der Waals surface area contributed by atoms with Crippen molar-refractivity contribution in [2.45, 2.75) is 25.9 Å². The molecule has 1 heterocycles. The second-order valence-electron chi connectivity index (χ2n) is 4.80. The third-order valence-corrected chi connectivity index (χ3v) is 3.39. The number of nitrogens with one attached hydrogen (secondary N) is 1. The Hall–Kier alpha value is -1.28. The first kappa shape index (κ1) is 9.91. The van der Waals surface area contributed by atoms with Crippen molar-refractivity contribution in [3.05, 3.63) is 36.0 Å². The van der Waals surface area contributed by atoms with Gasteiger partial charge in [0, 0.05) is 19.3 Å². The molecule has 0 unspecified atom stereocenters. The SMILES string of the molecule is CNCc1cccc2ccn(CC3CC3)c12. The molecule has 0 saturated heterocycles. The summed E-state index contributed by atoms with van der Waals surface area (Å²) in [4.78, 5) is 0. The minimum Gasteiger partial charge on any atom is -0.347 e. The van der Waals surface area contributed by atoms with E-state index in [0.29, 0.717) is 0 Å². The van der Waals surface area contributed by atoms with Crippen LogP contribution in [0.1, 0.15) is 18.4 Å². The standard InChI is InChI=1S/C14H18N2/c1-15-9-13-4-2-3-12-7-8-16(14(12)13)10-11-5-6-11/h2-4,7-8,11,15H,5-6,9-10H2,1H3. The van der Waals surface area contributed by atoms with Crippen LogP contribution < -0.4 is 5.32 Å². The molecule has 1 aromatic heterocycles. The highest BCUT2D eigenvalue weighted by Crippen LogP contribution is 2.32. The fourth-order valence-electron chi connectivity index (χ4n) is 2.40. The molecular weight excluding hydrogens is 196 g/mol. The van der Waals surface area contributed by atoms with Crippen molar-refractivity contribution in [2.75, 3.05) is 7.05 Å². The molecule has 0 spiro atoms. The second kappa shape index (κ2) is 3.95. The van der Waals surface area contributed by atoms with E-state index in [0.717, 1.165) is 12.5 Å². The van der Waals surface area contributed by atoms with Gasteiger partial charge >= 0.3 is 0 Å². The third kappa shape index (κ3) is 1.74. The Morgan fingerprint density at radius 2 is 2.19 bits per heavy atom. The molecule has 1 aliphatic rings. The van der Waals surface area contributed by atoms with Crippen LogP contribution >= 0.6 is 0 Å². The zero-order chi connectivity index (χ0) is 11.0. The van der Waals surface area contributed by atoms with Crippen molar-refractivity contribution >= 4 is 10.9 Å². The number of benzene rings is 1. The summed E-state index contributed by atoms with van der Waals surface area (Å²) in [7, 11) is 2.01. The van der Waals surface area contributed by atoms with E-state index in [1.807, 2.05) is 7.05 Å². The van der Waals surface area contributed by atoms with E-state index in [1.165, 1.54) is 35.9 Å². The van der Waals surface area contributed by atoms with Crippen LogP contribution in [0.5, 0.6) is 0 Å². The highest BCUT2D eigenvalue weighted by molar-refractivity contribution is 5.83. The molecule has 0 atom stereocenters. The fraction of sp³-hybridized carbons (Fsp3) is 0.429. The van der Waals surface area contributed by atoms with Crippen LogP contribution in [-0.2, 0) is 13.1 Å². The number of hydrogen-bond donors (Lipinski definition) is 1. The van der Waals surface area contributed by atoms with E-state index in [9.17, 15) is 0 Å². The Labute approximate surface area is 96.3 Å². The maximum Gasteiger partial charge on any atom is 0.0525 e. The summed E-state index contributed by atoms with van der Waals surface area (Å²) in [6, 6.07) is 8.81. The normalized spacial score (nSPS) is 15.8. The minimum atomic E-state index is 0.929. The number of aromatic nitrogens is 1. The van der Waals surface area contributed by atoms with E-state index in [2.05, 4.69) is 40.3 Å². The molecule has 1 aromatic carbocycles. The molecule has 0 aliphatic heterocycles. The molecule has 3 rings (SSSR count). The van der Waals surface area contributed by atoms with E-state index in [-0.39, 0.29) is 0 Å². The quantitative estimate of drug-likeness (QED) is 0.828. The molecule has 0 bridgehead atoms. The van der Waals surface area contributed by atoms with Gasteiger partial charge in [-0.15, -0.1) is 0 Å². The van der Waals surface area contributed by atoms with Gasteiger partial charge < -0.3 is 9.88 Å². The Morgan fingerprint density at radius 3 is 2.94 bits per heavy atom. The molecule has 2 heteroatoms. The maximum absolute atomic E-state index is 3.25. The summed E-state index contributed by atoms with van der Waals surface area (Å²) in [6.45, 7) is 2.15. The maximum atomic E-state index is 3.25. The molecule has 1 N–H and O–H groups in total. The van der Waals surface area contributed by atoms with Crippen LogP contribution in [0.2, 0.25) is 0 Å². The number of para-hydroxylation sites is 1. The summed E-state index contributed by atoms with van der Waals surface area (Å²) in [6.07, 6.45) is 5.06. The van der Waals surface area contributed by atoms with Crippen molar-refractivity contribution in [3.8, 4) is 0 Å². The highest BCUT2D eigenvalue weighted by atomic mass is 15.0. The molecule has 1 saturated carbocycles. The molecule has 2 nitrogen and oxygen atoms in total. The van der Waals surface area contributed by atoms with Gasteiger partial charge in [0.25, 0.3) is 0 Å². The van der Waals surface area contributed by atoms with Crippen LogP contribution in [0, 0.1) is 5.92 Å². The molecule has 0 amide bonds. The van der Waals surface area contributed by atoms with Crippen molar-refractivity contribution in [1.29, 1.82) is 0 Å².